The molecule has 0 heterocycles. The Bertz CT molecular complexity index is 1170. The Morgan fingerprint density at radius 1 is 0.850 bits per heavy atom. The Hall–Kier alpha value is -4.57. The summed E-state index contributed by atoms with van der Waals surface area (Å²) in [6, 6.07) is 14.2. The van der Waals surface area contributed by atoms with Gasteiger partial charge in [0, 0.05) is 6.54 Å². The number of ether oxygens (including phenoxy) is 2. The van der Waals surface area contributed by atoms with Crippen LogP contribution in [-0.4, -0.2) is 42.1 Å². The lowest BCUT2D eigenvalue weighted by molar-refractivity contribution is -0.141. The topological polar surface area (TPSA) is 102 Å². The summed E-state index contributed by atoms with van der Waals surface area (Å²) in [5.74, 6) is -2.77. The van der Waals surface area contributed by atoms with Crippen molar-refractivity contribution < 1.29 is 37.4 Å². The summed E-state index contributed by atoms with van der Waals surface area (Å²) in [5, 5.41) is 1.56. The van der Waals surface area contributed by atoms with Gasteiger partial charge in [-0.3, -0.25) is 24.1 Å². The van der Waals surface area contributed by atoms with Crippen LogP contribution in [0.1, 0.15) is 18.6 Å². The highest BCUT2D eigenvalue weighted by atomic mass is 35.5. The maximum Gasteiger partial charge on any atom is 0.289 e. The molecule has 0 aliphatic rings. The molecule has 0 saturated heterocycles. The Balaban J connectivity index is 0. The van der Waals surface area contributed by atoms with Crippen molar-refractivity contribution in [2.75, 3.05) is 14.2 Å². The molecule has 0 fully saturated rings. The quantitative estimate of drug-likeness (QED) is 0.291. The predicted octanol–water partition coefficient (Wildman–Crippen LogP) is 5.59. The molecule has 0 radical (unpaired) electrons. The van der Waals surface area contributed by atoms with E-state index < -0.39 is 28.7 Å². The van der Waals surface area contributed by atoms with Crippen LogP contribution in [-0.2, 0) is 32.3 Å². The molecular weight excluding hydrogens is 546 g/mol. The normalized spacial score (nSPS) is 8.93. The van der Waals surface area contributed by atoms with Gasteiger partial charge >= 0.3 is 0 Å². The number of benzene rings is 2. The van der Waals surface area contributed by atoms with Crippen LogP contribution >= 0.6 is 11.6 Å². The maximum atomic E-state index is 12.9. The van der Waals surface area contributed by atoms with Crippen LogP contribution in [0.15, 0.2) is 98.7 Å². The number of methoxy groups -OCH3 is 2. The van der Waals surface area contributed by atoms with Gasteiger partial charge in [-0.05, 0) is 59.1 Å². The first-order valence-electron chi connectivity index (χ1n) is 10.9. The van der Waals surface area contributed by atoms with E-state index in [1.807, 2.05) is 24.3 Å². The number of carbonyl (C=O) groups excluding carboxylic acids is 4. The molecule has 2 aromatic rings. The van der Waals surface area contributed by atoms with Crippen LogP contribution in [0.4, 0.5) is 8.78 Å². The first-order valence-corrected chi connectivity index (χ1v) is 11.3. The standard InChI is InChI=1S/C14H14FNO3.C11H13NO2.C3H2ClFO.CH4/c1-4-13(17)16(14(18)10(2)15)9-11-5-7-12(19-3)8-6-11;1-3-11(13)12-8-9-4-6-10(14-2)7-5-9;1-2(5)3(4)6;/h4-8H,1-2,9H2,3H3;3-7H,1,8H2,2H3,(H,12,13);1H2;1H4. The number of nitrogens with one attached hydrogen (secondary N) is 1. The number of allylic oxidation sites excluding steroid dienone is 1. The van der Waals surface area contributed by atoms with Gasteiger partial charge in [0.2, 0.25) is 5.91 Å². The second-order valence-corrected chi connectivity index (χ2v) is 7.48. The van der Waals surface area contributed by atoms with Crippen molar-refractivity contribution in [3.63, 3.8) is 0 Å². The van der Waals surface area contributed by atoms with Gasteiger partial charge in [0.05, 0.1) is 20.8 Å². The van der Waals surface area contributed by atoms with Gasteiger partial charge in [0.25, 0.3) is 17.1 Å². The molecule has 0 unspecified atom stereocenters. The fourth-order valence-corrected chi connectivity index (χ4v) is 2.42. The summed E-state index contributed by atoms with van der Waals surface area (Å²) in [6.45, 7) is 12.6. The largest absolute Gasteiger partial charge is 0.497 e. The Kier molecular flexibility index (Phi) is 19.2. The molecule has 3 amide bonds. The molecule has 216 valence electrons. The van der Waals surface area contributed by atoms with Gasteiger partial charge in [0.1, 0.15) is 11.5 Å². The van der Waals surface area contributed by atoms with E-state index in [4.69, 9.17) is 9.47 Å². The number of hydrogen-bond donors (Lipinski definition) is 1. The summed E-state index contributed by atoms with van der Waals surface area (Å²) in [6.07, 6.45) is 2.20. The molecule has 2 aromatic carbocycles. The molecule has 0 aromatic heterocycles. The van der Waals surface area contributed by atoms with Crippen molar-refractivity contribution in [1.82, 2.24) is 10.2 Å². The number of nitrogens with zero attached hydrogens (tertiary/aromatic N) is 1. The van der Waals surface area contributed by atoms with E-state index in [2.05, 4.69) is 43.2 Å². The second-order valence-electron chi connectivity index (χ2n) is 7.14. The summed E-state index contributed by atoms with van der Waals surface area (Å²) in [5.41, 5.74) is 1.69. The van der Waals surface area contributed by atoms with Gasteiger partial charge in [-0.2, -0.15) is 0 Å². The predicted molar refractivity (Wildman–Crippen MR) is 152 cm³/mol. The Morgan fingerprint density at radius 2 is 1.27 bits per heavy atom. The zero-order valence-electron chi connectivity index (χ0n) is 21.5. The molecule has 0 aliphatic carbocycles. The average molecular weight is 579 g/mol. The minimum absolute atomic E-state index is 0. The molecular formula is C29H33ClF2N2O6. The number of amides is 3. The molecule has 0 saturated carbocycles. The first kappa shape index (κ1) is 37.6. The van der Waals surface area contributed by atoms with E-state index in [1.165, 1.54) is 13.2 Å². The molecule has 11 heteroatoms. The van der Waals surface area contributed by atoms with Gasteiger partial charge in [0.15, 0.2) is 11.7 Å². The van der Waals surface area contributed by atoms with Gasteiger partial charge in [-0.1, -0.05) is 58.0 Å². The molecule has 2 rings (SSSR count). The van der Waals surface area contributed by atoms with Crippen molar-refractivity contribution in [2.45, 2.75) is 20.5 Å². The maximum absolute atomic E-state index is 12.9. The zero-order valence-corrected chi connectivity index (χ0v) is 22.3. The monoisotopic (exact) mass is 578 g/mol. The first-order chi connectivity index (χ1) is 18.4. The van der Waals surface area contributed by atoms with E-state index in [1.54, 1.807) is 31.4 Å². The van der Waals surface area contributed by atoms with Crippen LogP contribution in [0, 0.1) is 0 Å². The zero-order chi connectivity index (χ0) is 30.0. The Labute approximate surface area is 238 Å². The number of imide groups is 1. The third-order valence-electron chi connectivity index (χ3n) is 4.44. The molecule has 0 bridgehead atoms. The van der Waals surface area contributed by atoms with Crippen molar-refractivity contribution in [3.8, 4) is 11.5 Å². The number of hydrogen-bond acceptors (Lipinski definition) is 6. The van der Waals surface area contributed by atoms with E-state index >= 15 is 0 Å². The second kappa shape index (κ2) is 20.4. The van der Waals surface area contributed by atoms with Gasteiger partial charge in [-0.25, -0.2) is 8.78 Å². The third-order valence-corrected chi connectivity index (χ3v) is 4.65. The van der Waals surface area contributed by atoms with Crippen molar-refractivity contribution in [1.29, 1.82) is 0 Å². The smallest absolute Gasteiger partial charge is 0.289 e. The SMILES string of the molecule is C.C=C(F)C(=O)Cl.C=CC(=O)N(Cc1ccc(OC)cc1)C(=O)C(=C)F.C=CC(=O)NCc1ccc(OC)cc1. The van der Waals surface area contributed by atoms with Crippen LogP contribution in [0.5, 0.6) is 11.5 Å². The van der Waals surface area contributed by atoms with Crippen LogP contribution < -0.4 is 14.8 Å². The van der Waals surface area contributed by atoms with E-state index in [9.17, 15) is 28.0 Å². The van der Waals surface area contributed by atoms with E-state index in [-0.39, 0.29) is 19.9 Å². The van der Waals surface area contributed by atoms with Crippen molar-refractivity contribution >= 4 is 34.6 Å². The van der Waals surface area contributed by atoms with Crippen LogP contribution in [0.25, 0.3) is 0 Å². The number of carbonyl (C=O) groups is 4. The van der Waals surface area contributed by atoms with Gasteiger partial charge in [-0.15, -0.1) is 0 Å². The highest BCUT2D eigenvalue weighted by Gasteiger charge is 2.22. The molecule has 40 heavy (non-hydrogen) atoms. The lowest BCUT2D eigenvalue weighted by atomic mass is 10.2. The fraction of sp³-hybridized carbons (Fsp3) is 0.172. The summed E-state index contributed by atoms with van der Waals surface area (Å²) >= 11 is 4.50. The van der Waals surface area contributed by atoms with Crippen LogP contribution in [0.2, 0.25) is 0 Å². The third kappa shape index (κ3) is 15.0. The number of halogens is 3. The summed E-state index contributed by atoms with van der Waals surface area (Å²) in [7, 11) is 3.15. The minimum atomic E-state index is -1.19. The lowest BCUT2D eigenvalue weighted by Crippen LogP contribution is -2.35. The van der Waals surface area contributed by atoms with Crippen molar-refractivity contribution in [3.05, 3.63) is 110 Å². The minimum Gasteiger partial charge on any atom is -0.497 e. The fourth-order valence-electron chi connectivity index (χ4n) is 2.42. The highest BCUT2D eigenvalue weighted by molar-refractivity contribution is 6.67. The van der Waals surface area contributed by atoms with E-state index in [0.29, 0.717) is 17.9 Å². The molecule has 1 N–H and O–H groups in total. The number of rotatable bonds is 10. The molecule has 8 nitrogen and oxygen atoms in total. The van der Waals surface area contributed by atoms with Gasteiger partial charge < -0.3 is 14.8 Å². The lowest BCUT2D eigenvalue weighted by Gasteiger charge is -2.18. The summed E-state index contributed by atoms with van der Waals surface area (Å²) in [4.78, 5) is 44.1. The Morgan fingerprint density at radius 3 is 1.60 bits per heavy atom. The van der Waals surface area contributed by atoms with E-state index in [0.717, 1.165) is 22.3 Å². The molecule has 0 atom stereocenters. The van der Waals surface area contributed by atoms with Crippen LogP contribution in [0.3, 0.4) is 0 Å². The van der Waals surface area contributed by atoms with Crippen molar-refractivity contribution in [2.24, 2.45) is 0 Å². The molecule has 0 spiro atoms. The highest BCUT2D eigenvalue weighted by Crippen LogP contribution is 2.15. The average Bonchev–Trinajstić information content (AvgIpc) is 2.94. The summed E-state index contributed by atoms with van der Waals surface area (Å²) < 4.78 is 34.0. The molecule has 0 aliphatic heterocycles.